The first-order chi connectivity index (χ1) is 10.1. The molecule has 0 bridgehead atoms. The van der Waals surface area contributed by atoms with E-state index in [1.165, 1.54) is 36.8 Å². The molecule has 0 aliphatic heterocycles. The number of esters is 1. The Hall–Kier alpha value is -2.41. The topological polar surface area (TPSA) is 88.3 Å². The van der Waals surface area contributed by atoms with Crippen molar-refractivity contribution in [1.82, 2.24) is 10.3 Å². The highest BCUT2D eigenvalue weighted by Gasteiger charge is 2.20. The monoisotopic (exact) mass is 306 g/mol. The van der Waals surface area contributed by atoms with Gasteiger partial charge in [0.25, 0.3) is 5.91 Å². The number of carbonyl (C=O) groups is 2. The van der Waals surface area contributed by atoms with Crippen molar-refractivity contribution >= 4 is 23.2 Å². The van der Waals surface area contributed by atoms with E-state index in [1.807, 2.05) is 17.5 Å². The van der Waals surface area contributed by atoms with Crippen LogP contribution in [0.5, 0.6) is 0 Å². The second-order valence-corrected chi connectivity index (χ2v) is 5.24. The second-order valence-electron chi connectivity index (χ2n) is 4.26. The maximum Gasteiger partial charge on any atom is 0.307 e. The summed E-state index contributed by atoms with van der Waals surface area (Å²) in [6, 6.07) is 5.92. The number of rotatable bonds is 5. The fourth-order valence-electron chi connectivity index (χ4n) is 1.76. The summed E-state index contributed by atoms with van der Waals surface area (Å²) in [5, 5.41) is 4.64. The van der Waals surface area contributed by atoms with Crippen LogP contribution in [0.15, 0.2) is 40.6 Å². The van der Waals surface area contributed by atoms with Gasteiger partial charge in [-0.1, -0.05) is 6.07 Å². The number of amides is 1. The summed E-state index contributed by atoms with van der Waals surface area (Å²) < 4.78 is 4.65. The van der Waals surface area contributed by atoms with Crippen LogP contribution >= 0.6 is 11.3 Å². The highest BCUT2D eigenvalue weighted by Crippen LogP contribution is 2.22. The number of pyridine rings is 1. The molecule has 1 unspecified atom stereocenters. The zero-order valence-electron chi connectivity index (χ0n) is 11.3. The Morgan fingerprint density at radius 2 is 2.19 bits per heavy atom. The minimum Gasteiger partial charge on any atom is -0.469 e. The van der Waals surface area contributed by atoms with Crippen LogP contribution in [-0.4, -0.2) is 24.0 Å². The minimum absolute atomic E-state index is 0.0477. The van der Waals surface area contributed by atoms with Gasteiger partial charge in [0.2, 0.25) is 5.56 Å². The van der Waals surface area contributed by atoms with E-state index in [2.05, 4.69) is 15.0 Å². The van der Waals surface area contributed by atoms with Crippen molar-refractivity contribution < 1.29 is 14.3 Å². The van der Waals surface area contributed by atoms with Crippen molar-refractivity contribution in [3.8, 4) is 0 Å². The van der Waals surface area contributed by atoms with Gasteiger partial charge in [-0.2, -0.15) is 0 Å². The number of hydrogen-bond acceptors (Lipinski definition) is 5. The van der Waals surface area contributed by atoms with Gasteiger partial charge in [-0.25, -0.2) is 0 Å². The van der Waals surface area contributed by atoms with Crippen molar-refractivity contribution in [3.63, 3.8) is 0 Å². The van der Waals surface area contributed by atoms with Crippen LogP contribution in [0.25, 0.3) is 0 Å². The number of methoxy groups -OCH3 is 1. The average Bonchev–Trinajstić information content (AvgIpc) is 3.01. The molecule has 0 saturated carbocycles. The number of thiophene rings is 1. The lowest BCUT2D eigenvalue weighted by molar-refractivity contribution is -0.141. The van der Waals surface area contributed by atoms with E-state index < -0.39 is 12.0 Å². The van der Waals surface area contributed by atoms with Gasteiger partial charge in [0.05, 0.1) is 25.1 Å². The second kappa shape index (κ2) is 6.85. The zero-order valence-corrected chi connectivity index (χ0v) is 12.1. The molecule has 0 radical (unpaired) electrons. The molecule has 2 N–H and O–H groups in total. The van der Waals surface area contributed by atoms with Crippen LogP contribution in [0.3, 0.4) is 0 Å². The zero-order chi connectivity index (χ0) is 15.2. The molecule has 110 valence electrons. The van der Waals surface area contributed by atoms with E-state index in [-0.39, 0.29) is 17.9 Å². The van der Waals surface area contributed by atoms with Gasteiger partial charge < -0.3 is 15.0 Å². The first-order valence-corrected chi connectivity index (χ1v) is 7.08. The number of H-pyrrole nitrogens is 1. The maximum atomic E-state index is 12.2. The quantitative estimate of drug-likeness (QED) is 0.819. The molecular formula is C14H14N2O4S. The molecular weight excluding hydrogens is 292 g/mol. The number of nitrogens with one attached hydrogen (secondary N) is 2. The predicted octanol–water partition coefficient (Wildman–Crippen LogP) is 1.47. The lowest BCUT2D eigenvalue weighted by Crippen LogP contribution is -2.30. The maximum absolute atomic E-state index is 12.2. The van der Waals surface area contributed by atoms with Crippen molar-refractivity contribution in [3.05, 3.63) is 56.6 Å². The van der Waals surface area contributed by atoms with Crippen molar-refractivity contribution in [2.75, 3.05) is 7.11 Å². The van der Waals surface area contributed by atoms with Crippen LogP contribution in [-0.2, 0) is 9.53 Å². The Bertz CT molecular complexity index is 658. The third kappa shape index (κ3) is 4.03. The van der Waals surface area contributed by atoms with Gasteiger partial charge in [-0.3, -0.25) is 14.4 Å². The van der Waals surface area contributed by atoms with E-state index in [0.717, 1.165) is 4.88 Å². The number of carbonyl (C=O) groups excluding carboxylic acids is 2. The van der Waals surface area contributed by atoms with E-state index >= 15 is 0 Å². The molecule has 2 aromatic rings. The molecule has 21 heavy (non-hydrogen) atoms. The van der Waals surface area contributed by atoms with Gasteiger partial charge in [0.1, 0.15) is 0 Å². The Labute approximate surface area is 124 Å². The molecule has 0 saturated heterocycles. The summed E-state index contributed by atoms with van der Waals surface area (Å²) in [6.07, 6.45) is 1.38. The standard InChI is InChI=1S/C14H14N2O4S/c1-20-13(18)7-10(11-3-2-6-21-11)16-14(19)9-4-5-12(17)15-8-9/h2-6,8,10H,7H2,1H3,(H,15,17)(H,16,19). The molecule has 0 aliphatic carbocycles. The fraction of sp³-hybridized carbons (Fsp3) is 0.214. The fourth-order valence-corrected chi connectivity index (χ4v) is 2.53. The van der Waals surface area contributed by atoms with E-state index in [1.54, 1.807) is 0 Å². The Morgan fingerprint density at radius 3 is 2.76 bits per heavy atom. The summed E-state index contributed by atoms with van der Waals surface area (Å²) in [4.78, 5) is 37.9. The van der Waals surface area contributed by atoms with Crippen LogP contribution < -0.4 is 10.9 Å². The molecule has 0 spiro atoms. The Balaban J connectivity index is 2.14. The van der Waals surface area contributed by atoms with Crippen LogP contribution in [0, 0.1) is 0 Å². The third-order valence-corrected chi connectivity index (χ3v) is 3.82. The van der Waals surface area contributed by atoms with Gasteiger partial charge in [-0.15, -0.1) is 11.3 Å². The summed E-state index contributed by atoms with van der Waals surface area (Å²) >= 11 is 1.44. The lowest BCUT2D eigenvalue weighted by Gasteiger charge is -2.16. The van der Waals surface area contributed by atoms with Crippen molar-refractivity contribution in [2.45, 2.75) is 12.5 Å². The molecule has 1 amide bonds. The van der Waals surface area contributed by atoms with E-state index in [0.29, 0.717) is 5.56 Å². The number of aromatic amines is 1. The van der Waals surface area contributed by atoms with E-state index in [4.69, 9.17) is 0 Å². The minimum atomic E-state index is -0.461. The molecule has 1 atom stereocenters. The molecule has 6 nitrogen and oxygen atoms in total. The van der Waals surface area contributed by atoms with Gasteiger partial charge >= 0.3 is 5.97 Å². The number of hydrogen-bond donors (Lipinski definition) is 2. The van der Waals surface area contributed by atoms with Gasteiger partial charge in [0.15, 0.2) is 0 Å². The first-order valence-electron chi connectivity index (χ1n) is 6.20. The summed E-state index contributed by atoms with van der Waals surface area (Å²) in [5.41, 5.74) is 0.0388. The smallest absolute Gasteiger partial charge is 0.307 e. The molecule has 2 rings (SSSR count). The Kier molecular flexibility index (Phi) is 4.89. The molecule has 7 heteroatoms. The van der Waals surface area contributed by atoms with Gasteiger partial charge in [-0.05, 0) is 17.5 Å². The molecule has 0 aliphatic rings. The first kappa shape index (κ1) is 15.0. The summed E-state index contributed by atoms with van der Waals surface area (Å²) in [6.45, 7) is 0. The highest BCUT2D eigenvalue weighted by atomic mass is 32.1. The Morgan fingerprint density at radius 1 is 1.38 bits per heavy atom. The average molecular weight is 306 g/mol. The third-order valence-electron chi connectivity index (χ3n) is 2.84. The summed E-state index contributed by atoms with van der Waals surface area (Å²) in [5.74, 6) is -0.774. The SMILES string of the molecule is COC(=O)CC(NC(=O)c1ccc(=O)[nH]c1)c1cccs1. The van der Waals surface area contributed by atoms with Crippen molar-refractivity contribution in [1.29, 1.82) is 0 Å². The number of ether oxygens (including phenoxy) is 1. The lowest BCUT2D eigenvalue weighted by atomic mass is 10.1. The molecule has 0 aromatic carbocycles. The molecule has 2 aromatic heterocycles. The molecule has 2 heterocycles. The normalized spacial score (nSPS) is 11.7. The summed E-state index contributed by atoms with van der Waals surface area (Å²) in [7, 11) is 1.30. The van der Waals surface area contributed by atoms with Crippen molar-refractivity contribution in [2.24, 2.45) is 0 Å². The van der Waals surface area contributed by atoms with Gasteiger partial charge in [0, 0.05) is 17.1 Å². The van der Waals surface area contributed by atoms with Crippen LogP contribution in [0.2, 0.25) is 0 Å². The van der Waals surface area contributed by atoms with E-state index in [9.17, 15) is 14.4 Å². The largest absolute Gasteiger partial charge is 0.469 e. The molecule has 0 fully saturated rings. The predicted molar refractivity (Wildman–Crippen MR) is 78.2 cm³/mol. The van der Waals surface area contributed by atoms with Crippen LogP contribution in [0.4, 0.5) is 0 Å². The number of aromatic nitrogens is 1. The van der Waals surface area contributed by atoms with Crippen LogP contribution in [0.1, 0.15) is 27.7 Å². The highest BCUT2D eigenvalue weighted by molar-refractivity contribution is 7.10.